The lowest BCUT2D eigenvalue weighted by molar-refractivity contribution is 0.0604. The molecular formula is C48H59F4N7O6. The van der Waals surface area contributed by atoms with Crippen LogP contribution in [-0.2, 0) is 35.7 Å². The van der Waals surface area contributed by atoms with Crippen LogP contribution >= 0.6 is 0 Å². The maximum atomic E-state index is 14.0. The Morgan fingerprint density at radius 1 is 0.754 bits per heavy atom. The van der Waals surface area contributed by atoms with Gasteiger partial charge in [-0.3, -0.25) is 9.59 Å². The van der Waals surface area contributed by atoms with Crippen molar-refractivity contribution in [3.05, 3.63) is 129 Å². The number of piperidine rings is 2. The number of amides is 2. The first-order valence-electron chi connectivity index (χ1n) is 21.9. The highest BCUT2D eigenvalue weighted by Gasteiger charge is 2.42. The van der Waals surface area contributed by atoms with Crippen molar-refractivity contribution in [1.29, 1.82) is 0 Å². The van der Waals surface area contributed by atoms with Gasteiger partial charge in [-0.25, -0.2) is 22.4 Å². The minimum Gasteiger partial charge on any atom is -0.395 e. The largest absolute Gasteiger partial charge is 0.395 e. The summed E-state index contributed by atoms with van der Waals surface area (Å²) in [5, 5.41) is 24.8. The van der Waals surface area contributed by atoms with Crippen molar-refractivity contribution < 1.29 is 46.5 Å². The summed E-state index contributed by atoms with van der Waals surface area (Å²) >= 11 is 0. The fourth-order valence-electron chi connectivity index (χ4n) is 8.48. The number of ketones is 2. The SMILES string of the molecule is COCCOCc1cc(CN)ccc1F.O=C1CC2(CCN(C(=O)NCc3ccc(F)c(CNCCO)c3)CC2)Nc2ccc(F)cc21.O=C1CC2(CCNCC2)Nc2ccc(F)cc21. The number of anilines is 2. The van der Waals surface area contributed by atoms with Gasteiger partial charge in [0.2, 0.25) is 0 Å². The van der Waals surface area contributed by atoms with Gasteiger partial charge in [0.15, 0.2) is 11.6 Å². The fraction of sp³-hybridized carbons (Fsp3) is 0.438. The lowest BCUT2D eigenvalue weighted by Gasteiger charge is -2.45. The van der Waals surface area contributed by atoms with E-state index in [4.69, 9.17) is 20.3 Å². The average molecular weight is 906 g/mol. The molecular weight excluding hydrogens is 847 g/mol. The Kier molecular flexibility index (Phi) is 17.5. The summed E-state index contributed by atoms with van der Waals surface area (Å²) in [5.74, 6) is -1.40. The van der Waals surface area contributed by atoms with E-state index in [0.717, 1.165) is 42.7 Å². The number of Topliss-reactive ketones (excluding diaryl/α,β-unsaturated/α-hetero) is 2. The molecule has 0 radical (unpaired) electrons. The number of methoxy groups -OCH3 is 1. The first-order chi connectivity index (χ1) is 31.3. The van der Waals surface area contributed by atoms with Crippen molar-refractivity contribution in [2.75, 3.05) is 70.3 Å². The van der Waals surface area contributed by atoms with Gasteiger partial charge in [-0.05, 0) is 111 Å². The van der Waals surface area contributed by atoms with Crippen molar-refractivity contribution in [3.63, 3.8) is 0 Å². The van der Waals surface area contributed by atoms with Crippen LogP contribution in [0.25, 0.3) is 0 Å². The van der Waals surface area contributed by atoms with E-state index in [9.17, 15) is 31.9 Å². The Labute approximate surface area is 376 Å². The van der Waals surface area contributed by atoms with E-state index in [1.165, 1.54) is 36.4 Å². The van der Waals surface area contributed by atoms with Crippen LogP contribution in [-0.4, -0.2) is 98.3 Å². The standard InChI is InChI=1S/C24H28F2N4O3.C13H15FN2O.C11H16FNO2/c25-18-2-4-21-19(12-18)22(32)13-24(29-21)5-8-30(9-6-24)23(33)28-14-16-1-3-20(26)17(11-16)15-27-7-10-31;14-9-1-2-11-10(7-9)12(17)8-13(16-11)3-5-15-6-4-13;1-14-4-5-15-8-10-6-9(7-13)2-3-11(10)12/h1-4,11-12,27,29,31H,5-10,13-15H2,(H,28,33);1-2,7,15-16H,3-6,8H2;2-3,6H,4-5,7-8,13H2,1H3. The van der Waals surface area contributed by atoms with Crippen molar-refractivity contribution in [2.24, 2.45) is 5.73 Å². The van der Waals surface area contributed by atoms with Crippen LogP contribution in [0.1, 0.15) is 81.5 Å². The zero-order chi connectivity index (χ0) is 46.4. The highest BCUT2D eigenvalue weighted by molar-refractivity contribution is 6.04. The van der Waals surface area contributed by atoms with Gasteiger partial charge < -0.3 is 51.8 Å². The second-order valence-electron chi connectivity index (χ2n) is 16.8. The van der Waals surface area contributed by atoms with Gasteiger partial charge in [-0.2, -0.15) is 0 Å². The zero-order valence-corrected chi connectivity index (χ0v) is 36.7. The smallest absolute Gasteiger partial charge is 0.317 e. The number of urea groups is 1. The zero-order valence-electron chi connectivity index (χ0n) is 36.7. The predicted molar refractivity (Wildman–Crippen MR) is 240 cm³/mol. The van der Waals surface area contributed by atoms with E-state index in [1.54, 1.807) is 48.4 Å². The highest BCUT2D eigenvalue weighted by Crippen LogP contribution is 2.38. The van der Waals surface area contributed by atoms with Crippen LogP contribution in [0.4, 0.5) is 33.7 Å². The molecule has 4 aromatic rings. The molecule has 0 aliphatic carbocycles. The second-order valence-corrected chi connectivity index (χ2v) is 16.8. The normalized spacial score (nSPS) is 16.8. The summed E-state index contributed by atoms with van der Waals surface area (Å²) in [4.78, 5) is 39.1. The van der Waals surface area contributed by atoms with Crippen molar-refractivity contribution in [2.45, 2.75) is 75.8 Å². The maximum absolute atomic E-state index is 14.0. The van der Waals surface area contributed by atoms with Gasteiger partial charge in [0.1, 0.15) is 23.3 Å². The number of carbonyl (C=O) groups excluding carboxylic acids is 3. The number of hydrogen-bond acceptors (Lipinski definition) is 11. The number of fused-ring (bicyclic) bond motifs is 2. The topological polar surface area (TPSA) is 179 Å². The number of aliphatic hydroxyl groups excluding tert-OH is 1. The van der Waals surface area contributed by atoms with Crippen LogP contribution in [0.3, 0.4) is 0 Å². The number of nitrogens with zero attached hydrogens (tertiary/aromatic N) is 1. The van der Waals surface area contributed by atoms with Gasteiger partial charge in [-0.15, -0.1) is 0 Å². The molecule has 2 saturated heterocycles. The third-order valence-electron chi connectivity index (χ3n) is 12.1. The Morgan fingerprint density at radius 2 is 1.32 bits per heavy atom. The van der Waals surface area contributed by atoms with Crippen molar-refractivity contribution >= 4 is 29.0 Å². The summed E-state index contributed by atoms with van der Waals surface area (Å²) in [6.45, 7) is 5.38. The molecule has 17 heteroatoms. The molecule has 8 rings (SSSR count). The van der Waals surface area contributed by atoms with E-state index >= 15 is 0 Å². The number of halogens is 4. The number of nitrogens with one attached hydrogen (secondary N) is 5. The molecule has 2 fully saturated rings. The quantitative estimate of drug-likeness (QED) is 0.0638. The molecule has 4 aliphatic rings. The number of carbonyl (C=O) groups is 3. The van der Waals surface area contributed by atoms with Gasteiger partial charge in [-0.1, -0.05) is 12.1 Å². The second kappa shape index (κ2) is 23.2. The van der Waals surface area contributed by atoms with Gasteiger partial charge in [0.25, 0.3) is 0 Å². The molecule has 8 N–H and O–H groups in total. The van der Waals surface area contributed by atoms with Crippen LogP contribution in [0, 0.1) is 23.3 Å². The molecule has 65 heavy (non-hydrogen) atoms. The Bertz CT molecular complexity index is 2270. The predicted octanol–water partition coefficient (Wildman–Crippen LogP) is 6.18. The van der Waals surface area contributed by atoms with Crippen LogP contribution in [0.15, 0.2) is 72.8 Å². The molecule has 4 aliphatic heterocycles. The fourth-order valence-corrected chi connectivity index (χ4v) is 8.48. The molecule has 350 valence electrons. The molecule has 0 bridgehead atoms. The van der Waals surface area contributed by atoms with E-state index in [1.807, 2.05) is 0 Å². The number of nitrogens with two attached hydrogens (primary N) is 1. The molecule has 2 spiro atoms. The molecule has 4 heterocycles. The molecule has 13 nitrogen and oxygen atoms in total. The Balaban J connectivity index is 0.000000182. The minimum absolute atomic E-state index is 0.0246. The number of likely N-dealkylation sites (tertiary alicyclic amines) is 1. The molecule has 0 saturated carbocycles. The van der Waals surface area contributed by atoms with Crippen molar-refractivity contribution in [1.82, 2.24) is 20.9 Å². The van der Waals surface area contributed by atoms with E-state index in [2.05, 4.69) is 26.6 Å². The molecule has 0 atom stereocenters. The number of rotatable bonds is 12. The van der Waals surface area contributed by atoms with E-state index in [0.29, 0.717) is 93.1 Å². The first kappa shape index (κ1) is 49.0. The summed E-state index contributed by atoms with van der Waals surface area (Å²) < 4.78 is 63.9. The summed E-state index contributed by atoms with van der Waals surface area (Å²) in [7, 11) is 1.60. The number of benzene rings is 4. The minimum atomic E-state index is -0.430. The third-order valence-corrected chi connectivity index (χ3v) is 12.1. The van der Waals surface area contributed by atoms with Crippen LogP contribution in [0.2, 0.25) is 0 Å². The third kappa shape index (κ3) is 13.3. The van der Waals surface area contributed by atoms with Crippen molar-refractivity contribution in [3.8, 4) is 0 Å². The summed E-state index contributed by atoms with van der Waals surface area (Å²) in [5.41, 5.74) is 9.92. The Hall–Kier alpha value is -5.43. The first-order valence-corrected chi connectivity index (χ1v) is 21.9. The van der Waals surface area contributed by atoms with Crippen LogP contribution < -0.4 is 32.3 Å². The number of hydrogen-bond donors (Lipinski definition) is 7. The summed E-state index contributed by atoms with van der Waals surface area (Å²) in [6.07, 6.45) is 3.86. The molecule has 0 unspecified atom stereocenters. The lowest BCUT2D eigenvalue weighted by atomic mass is 9.78. The molecule has 4 aromatic carbocycles. The van der Waals surface area contributed by atoms with Gasteiger partial charge >= 0.3 is 6.03 Å². The maximum Gasteiger partial charge on any atom is 0.317 e. The Morgan fingerprint density at radius 3 is 1.91 bits per heavy atom. The van der Waals surface area contributed by atoms with Crippen LogP contribution in [0.5, 0.6) is 0 Å². The summed E-state index contributed by atoms with van der Waals surface area (Å²) in [6, 6.07) is 17.9. The van der Waals surface area contributed by atoms with E-state index in [-0.39, 0.29) is 66.8 Å². The molecule has 0 aromatic heterocycles. The number of aliphatic hydroxyl groups is 1. The lowest BCUT2D eigenvalue weighted by Crippen LogP contribution is -2.55. The molecule has 2 amide bonds. The monoisotopic (exact) mass is 905 g/mol. The number of ether oxygens (including phenoxy) is 2. The van der Waals surface area contributed by atoms with Gasteiger partial charge in [0.05, 0.1) is 26.4 Å². The van der Waals surface area contributed by atoms with Gasteiger partial charge in [0, 0.05) is 104 Å². The highest BCUT2D eigenvalue weighted by atomic mass is 19.1. The average Bonchev–Trinajstić information content (AvgIpc) is 3.30. The van der Waals surface area contributed by atoms with E-state index < -0.39 is 11.4 Å².